The second-order valence-corrected chi connectivity index (χ2v) is 4.23. The van der Waals surface area contributed by atoms with Gasteiger partial charge < -0.3 is 14.0 Å². The molecule has 0 bridgehead atoms. The molecule has 2 aromatic rings. The van der Waals surface area contributed by atoms with Crippen molar-refractivity contribution in [3.05, 3.63) is 34.5 Å². The average molecular weight is 282 g/mol. The zero-order chi connectivity index (χ0) is 14.0. The van der Waals surface area contributed by atoms with Crippen LogP contribution >= 0.6 is 11.6 Å². The Morgan fingerprint density at radius 3 is 2.74 bits per heavy atom. The normalized spacial score (nSPS) is 10.3. The summed E-state index contributed by atoms with van der Waals surface area (Å²) >= 11 is 5.90. The molecule has 0 saturated heterocycles. The Morgan fingerprint density at radius 2 is 2.11 bits per heavy atom. The summed E-state index contributed by atoms with van der Waals surface area (Å²) in [5.74, 6) is 0.385. The fourth-order valence-electron chi connectivity index (χ4n) is 1.76. The van der Waals surface area contributed by atoms with Gasteiger partial charge in [-0.3, -0.25) is 0 Å². The maximum atomic E-state index is 11.8. The van der Waals surface area contributed by atoms with E-state index in [1.54, 1.807) is 25.1 Å². The number of rotatable bonds is 3. The van der Waals surface area contributed by atoms with Crippen molar-refractivity contribution in [1.82, 2.24) is 5.16 Å². The summed E-state index contributed by atoms with van der Waals surface area (Å²) in [5.41, 5.74) is 1.27. The largest absolute Gasteiger partial charge is 0.496 e. The van der Waals surface area contributed by atoms with Crippen molar-refractivity contribution in [2.45, 2.75) is 6.92 Å². The molecule has 0 aliphatic heterocycles. The van der Waals surface area contributed by atoms with Gasteiger partial charge >= 0.3 is 5.97 Å². The van der Waals surface area contributed by atoms with Crippen molar-refractivity contribution in [3.63, 3.8) is 0 Å². The van der Waals surface area contributed by atoms with E-state index in [0.717, 1.165) is 0 Å². The highest BCUT2D eigenvalue weighted by atomic mass is 35.5. The van der Waals surface area contributed by atoms with E-state index in [4.69, 9.17) is 25.6 Å². The van der Waals surface area contributed by atoms with E-state index in [-0.39, 0.29) is 5.56 Å². The number of nitrogens with zero attached hydrogens (tertiary/aromatic N) is 1. The summed E-state index contributed by atoms with van der Waals surface area (Å²) in [5, 5.41) is 4.42. The first-order valence-electron chi connectivity index (χ1n) is 5.47. The second-order valence-electron chi connectivity index (χ2n) is 3.80. The van der Waals surface area contributed by atoms with Crippen LogP contribution in [-0.4, -0.2) is 25.3 Å². The molecule has 100 valence electrons. The Hall–Kier alpha value is -2.01. The number of benzene rings is 1. The van der Waals surface area contributed by atoms with Crippen molar-refractivity contribution < 1.29 is 18.8 Å². The first-order chi connectivity index (χ1) is 9.08. The standard InChI is InChI=1S/C13H12ClNO4/c1-7-11(13(16)18-3)12(15-19-7)9-5-4-8(14)6-10(9)17-2/h4-6H,1-3H3. The molecular formula is C13H12ClNO4. The molecule has 2 rings (SSSR count). The zero-order valence-electron chi connectivity index (χ0n) is 10.7. The van der Waals surface area contributed by atoms with Crippen molar-refractivity contribution in [1.29, 1.82) is 0 Å². The molecule has 1 aromatic heterocycles. The van der Waals surface area contributed by atoms with Gasteiger partial charge in [0.2, 0.25) is 0 Å². The molecular weight excluding hydrogens is 270 g/mol. The van der Waals surface area contributed by atoms with E-state index in [2.05, 4.69) is 5.16 Å². The van der Waals surface area contributed by atoms with Crippen LogP contribution in [0.15, 0.2) is 22.7 Å². The summed E-state index contributed by atoms with van der Waals surface area (Å²) in [4.78, 5) is 11.8. The lowest BCUT2D eigenvalue weighted by atomic mass is 10.1. The zero-order valence-corrected chi connectivity index (χ0v) is 11.4. The summed E-state index contributed by atoms with van der Waals surface area (Å²) in [6, 6.07) is 5.04. The van der Waals surface area contributed by atoms with E-state index in [9.17, 15) is 4.79 Å². The minimum absolute atomic E-state index is 0.281. The Labute approximate surface area is 115 Å². The third-order valence-electron chi connectivity index (χ3n) is 2.67. The van der Waals surface area contributed by atoms with Crippen LogP contribution in [0.2, 0.25) is 5.02 Å². The van der Waals surface area contributed by atoms with Gasteiger partial charge in [0.15, 0.2) is 0 Å². The van der Waals surface area contributed by atoms with Gasteiger partial charge in [-0.1, -0.05) is 16.8 Å². The number of hydrogen-bond acceptors (Lipinski definition) is 5. The lowest BCUT2D eigenvalue weighted by Crippen LogP contribution is -2.04. The molecule has 0 unspecified atom stereocenters. The van der Waals surface area contributed by atoms with Crippen LogP contribution in [0, 0.1) is 6.92 Å². The number of halogens is 1. The van der Waals surface area contributed by atoms with E-state index in [1.807, 2.05) is 0 Å². The average Bonchev–Trinajstić information content (AvgIpc) is 2.79. The summed E-state index contributed by atoms with van der Waals surface area (Å²) in [6.45, 7) is 1.64. The molecule has 0 amide bonds. The first-order valence-corrected chi connectivity index (χ1v) is 5.84. The van der Waals surface area contributed by atoms with E-state index >= 15 is 0 Å². The molecule has 0 atom stereocenters. The van der Waals surface area contributed by atoms with Gasteiger partial charge in [0.25, 0.3) is 0 Å². The summed E-state index contributed by atoms with van der Waals surface area (Å²) in [6.07, 6.45) is 0. The van der Waals surface area contributed by atoms with Gasteiger partial charge in [-0.2, -0.15) is 0 Å². The molecule has 0 N–H and O–H groups in total. The highest BCUT2D eigenvalue weighted by molar-refractivity contribution is 6.30. The summed E-state index contributed by atoms with van der Waals surface area (Å²) in [7, 11) is 2.82. The number of carbonyl (C=O) groups excluding carboxylic acids is 1. The lowest BCUT2D eigenvalue weighted by Gasteiger charge is -2.07. The molecule has 19 heavy (non-hydrogen) atoms. The van der Waals surface area contributed by atoms with Gasteiger partial charge in [-0.25, -0.2) is 4.79 Å². The smallest absolute Gasteiger partial charge is 0.343 e. The lowest BCUT2D eigenvalue weighted by molar-refractivity contribution is 0.0599. The number of carbonyl (C=O) groups is 1. The van der Waals surface area contributed by atoms with E-state index in [0.29, 0.717) is 27.8 Å². The van der Waals surface area contributed by atoms with Crippen molar-refractivity contribution in [2.24, 2.45) is 0 Å². The highest BCUT2D eigenvalue weighted by Gasteiger charge is 2.24. The molecule has 0 spiro atoms. The maximum Gasteiger partial charge on any atom is 0.343 e. The fourth-order valence-corrected chi connectivity index (χ4v) is 1.92. The summed E-state index contributed by atoms with van der Waals surface area (Å²) < 4.78 is 15.0. The van der Waals surface area contributed by atoms with E-state index < -0.39 is 5.97 Å². The van der Waals surface area contributed by atoms with Crippen LogP contribution in [-0.2, 0) is 4.74 Å². The second kappa shape index (κ2) is 5.32. The van der Waals surface area contributed by atoms with Gasteiger partial charge in [-0.05, 0) is 25.1 Å². The number of aromatic nitrogens is 1. The third kappa shape index (κ3) is 2.42. The minimum Gasteiger partial charge on any atom is -0.496 e. The molecule has 1 aromatic carbocycles. The Morgan fingerprint density at radius 1 is 1.37 bits per heavy atom. The number of esters is 1. The van der Waals surface area contributed by atoms with Crippen LogP contribution < -0.4 is 4.74 Å². The molecule has 0 aliphatic carbocycles. The maximum absolute atomic E-state index is 11.8. The molecule has 0 radical (unpaired) electrons. The Bertz CT molecular complexity index is 621. The number of methoxy groups -OCH3 is 2. The van der Waals surface area contributed by atoms with Crippen LogP contribution in [0.25, 0.3) is 11.3 Å². The topological polar surface area (TPSA) is 61.6 Å². The van der Waals surface area contributed by atoms with Crippen molar-refractivity contribution in [2.75, 3.05) is 14.2 Å². The van der Waals surface area contributed by atoms with Gasteiger partial charge in [0.1, 0.15) is 22.8 Å². The first kappa shape index (κ1) is 13.4. The third-order valence-corrected chi connectivity index (χ3v) is 2.91. The van der Waals surface area contributed by atoms with E-state index in [1.165, 1.54) is 14.2 Å². The van der Waals surface area contributed by atoms with Crippen LogP contribution in [0.4, 0.5) is 0 Å². The number of aryl methyl sites for hydroxylation is 1. The van der Waals surface area contributed by atoms with Gasteiger partial charge in [0, 0.05) is 10.6 Å². The van der Waals surface area contributed by atoms with Gasteiger partial charge in [-0.15, -0.1) is 0 Å². The Kier molecular flexibility index (Phi) is 3.76. The highest BCUT2D eigenvalue weighted by Crippen LogP contribution is 2.34. The molecule has 5 nitrogen and oxygen atoms in total. The molecule has 6 heteroatoms. The van der Waals surface area contributed by atoms with Crippen LogP contribution in [0.3, 0.4) is 0 Å². The quantitative estimate of drug-likeness (QED) is 0.809. The molecule has 0 fully saturated rings. The minimum atomic E-state index is -0.509. The predicted octanol–water partition coefficient (Wildman–Crippen LogP) is 3.10. The van der Waals surface area contributed by atoms with Crippen molar-refractivity contribution >= 4 is 17.6 Å². The number of ether oxygens (including phenoxy) is 2. The fraction of sp³-hybridized carbons (Fsp3) is 0.231. The Balaban J connectivity index is 2.63. The molecule has 0 aliphatic rings. The van der Waals surface area contributed by atoms with Gasteiger partial charge in [0.05, 0.1) is 14.2 Å². The van der Waals surface area contributed by atoms with Crippen LogP contribution in [0.1, 0.15) is 16.1 Å². The van der Waals surface area contributed by atoms with Crippen LogP contribution in [0.5, 0.6) is 5.75 Å². The number of hydrogen-bond donors (Lipinski definition) is 0. The monoisotopic (exact) mass is 281 g/mol. The molecule has 1 heterocycles. The predicted molar refractivity (Wildman–Crippen MR) is 69.6 cm³/mol. The SMILES string of the molecule is COC(=O)c1c(-c2ccc(Cl)cc2OC)noc1C. The van der Waals surface area contributed by atoms with Crippen molar-refractivity contribution in [3.8, 4) is 17.0 Å². The molecule has 0 saturated carbocycles.